The van der Waals surface area contributed by atoms with Crippen molar-refractivity contribution in [3.8, 4) is 0 Å². The first-order valence-electron chi connectivity index (χ1n) is 7.95. The summed E-state index contributed by atoms with van der Waals surface area (Å²) in [5, 5.41) is 0. The van der Waals surface area contributed by atoms with Gasteiger partial charge in [-0.1, -0.05) is 58.0 Å². The predicted molar refractivity (Wildman–Crippen MR) is 89.9 cm³/mol. The molecule has 0 aromatic carbocycles. The van der Waals surface area contributed by atoms with E-state index in [9.17, 15) is 9.59 Å². The zero-order valence-electron chi connectivity index (χ0n) is 14.3. The average molecular weight is 324 g/mol. The lowest BCUT2D eigenvalue weighted by molar-refractivity contribution is -0.199. The second-order valence-electron chi connectivity index (χ2n) is 6.57. The highest BCUT2D eigenvalue weighted by Gasteiger charge is 2.55. The maximum Gasteiger partial charge on any atom is 0.336 e. The van der Waals surface area contributed by atoms with Crippen molar-refractivity contribution in [2.75, 3.05) is 0 Å². The van der Waals surface area contributed by atoms with Crippen molar-refractivity contribution in [3.63, 3.8) is 0 Å². The molecule has 1 aliphatic heterocycles. The first kappa shape index (κ1) is 18.7. The van der Waals surface area contributed by atoms with Crippen molar-refractivity contribution < 1.29 is 19.1 Å². The van der Waals surface area contributed by atoms with Crippen molar-refractivity contribution in [2.24, 2.45) is 0 Å². The van der Waals surface area contributed by atoms with Crippen LogP contribution in [0, 0.1) is 0 Å². The monoisotopic (exact) mass is 324 g/mol. The van der Waals surface area contributed by atoms with E-state index in [1.54, 1.807) is 13.8 Å². The minimum atomic E-state index is -2.10. The van der Waals surface area contributed by atoms with Crippen LogP contribution in [0.25, 0.3) is 0 Å². The summed E-state index contributed by atoms with van der Waals surface area (Å²) in [6.07, 6.45) is 3.85. The molecule has 0 unspecified atom stereocenters. The highest BCUT2D eigenvalue weighted by Crippen LogP contribution is 2.42. The van der Waals surface area contributed by atoms with Gasteiger partial charge in [-0.15, -0.1) is 0 Å². The molecule has 0 spiro atoms. The fourth-order valence-corrected chi connectivity index (χ4v) is 7.63. The molecule has 0 saturated carbocycles. The van der Waals surface area contributed by atoms with Crippen LogP contribution in [0.15, 0.2) is 24.3 Å². The Morgan fingerprint density at radius 3 is 1.73 bits per heavy atom. The number of ether oxygens (including phenoxy) is 2. The lowest BCUT2D eigenvalue weighted by Crippen LogP contribution is -2.62. The maximum absolute atomic E-state index is 12.1. The fourth-order valence-electron chi connectivity index (χ4n) is 3.03. The number of carbonyl (C=O) groups is 2. The Kier molecular flexibility index (Phi) is 6.17. The van der Waals surface area contributed by atoms with E-state index in [0.29, 0.717) is 17.6 Å². The Hall–Kier alpha value is -1.36. The minimum Gasteiger partial charge on any atom is -0.424 e. The highest BCUT2D eigenvalue weighted by molar-refractivity contribution is 6.81. The first-order chi connectivity index (χ1) is 10.2. The van der Waals surface area contributed by atoms with Crippen LogP contribution in [0.5, 0.6) is 0 Å². The van der Waals surface area contributed by atoms with Gasteiger partial charge in [-0.2, -0.15) is 0 Å². The summed E-state index contributed by atoms with van der Waals surface area (Å²) in [6, 6.07) is 1.99. The number of hydrogen-bond donors (Lipinski definition) is 0. The third-order valence-corrected chi connectivity index (χ3v) is 9.87. The third-order valence-electron chi connectivity index (χ3n) is 4.55. The second kappa shape index (κ2) is 7.27. The lowest BCUT2D eigenvalue weighted by Gasteiger charge is -2.46. The average Bonchev–Trinajstić information content (AvgIpc) is 2.46. The molecule has 4 nitrogen and oxygen atoms in total. The predicted octanol–water partition coefficient (Wildman–Crippen LogP) is 4.13. The summed E-state index contributed by atoms with van der Waals surface area (Å²) in [4.78, 5) is 24.3. The van der Waals surface area contributed by atoms with Crippen LogP contribution in [0.4, 0.5) is 0 Å². The minimum absolute atomic E-state index is 0.317. The van der Waals surface area contributed by atoms with E-state index in [2.05, 4.69) is 19.7 Å². The Morgan fingerprint density at radius 2 is 1.41 bits per heavy atom. The van der Waals surface area contributed by atoms with E-state index >= 15 is 0 Å². The Balaban J connectivity index is 3.20. The molecule has 0 N–H and O–H groups in total. The Morgan fingerprint density at radius 1 is 1.00 bits per heavy atom. The second-order valence-corrected chi connectivity index (χ2v) is 11.5. The van der Waals surface area contributed by atoms with E-state index in [0.717, 1.165) is 24.9 Å². The highest BCUT2D eigenvalue weighted by atomic mass is 28.3. The molecule has 22 heavy (non-hydrogen) atoms. The van der Waals surface area contributed by atoms with Crippen molar-refractivity contribution in [3.05, 3.63) is 24.3 Å². The van der Waals surface area contributed by atoms with Gasteiger partial charge in [-0.25, -0.2) is 9.59 Å². The number of esters is 2. The number of hydrogen-bond acceptors (Lipinski definition) is 4. The Labute approximate surface area is 134 Å². The van der Waals surface area contributed by atoms with Gasteiger partial charge in [-0.3, -0.25) is 0 Å². The summed E-state index contributed by atoms with van der Waals surface area (Å²) in [5.74, 6) is -0.980. The van der Waals surface area contributed by atoms with E-state index in [-0.39, 0.29) is 0 Å². The molecule has 124 valence electrons. The quantitative estimate of drug-likeness (QED) is 0.319. The van der Waals surface area contributed by atoms with Crippen LogP contribution < -0.4 is 0 Å². The molecule has 0 bridgehead atoms. The molecule has 1 saturated heterocycles. The normalized spacial score (nSPS) is 17.5. The van der Waals surface area contributed by atoms with Gasteiger partial charge < -0.3 is 9.47 Å². The lowest BCUT2D eigenvalue weighted by atomic mass is 10.3. The molecule has 0 amide bonds. The topological polar surface area (TPSA) is 52.6 Å². The van der Waals surface area contributed by atoms with Gasteiger partial charge in [0.05, 0.1) is 0 Å². The molecule has 0 radical (unpaired) electrons. The largest absolute Gasteiger partial charge is 0.424 e. The molecular formula is C17H28O4Si. The van der Waals surface area contributed by atoms with Crippen LogP contribution in [0.3, 0.4) is 0 Å². The molecule has 0 aromatic heterocycles. The molecule has 1 rings (SSSR count). The SMILES string of the molecule is C=C(C)C(=O)OC(CC)(OC(=O)C(=C)C)[Si]1(C)CCCCC1. The Bertz CT molecular complexity index is 447. The van der Waals surface area contributed by atoms with Crippen LogP contribution in [-0.4, -0.2) is 25.4 Å². The number of carbonyl (C=O) groups excluding carboxylic acids is 2. The van der Waals surface area contributed by atoms with Crippen LogP contribution in [0.1, 0.15) is 46.5 Å². The van der Waals surface area contributed by atoms with Gasteiger partial charge >= 0.3 is 11.9 Å². The summed E-state index contributed by atoms with van der Waals surface area (Å²) in [5.41, 5.74) is -0.491. The van der Waals surface area contributed by atoms with Gasteiger partial charge in [0, 0.05) is 17.6 Å². The summed E-state index contributed by atoms with van der Waals surface area (Å²) in [7, 11) is -2.10. The van der Waals surface area contributed by atoms with E-state index in [4.69, 9.17) is 9.47 Å². The summed E-state index contributed by atoms with van der Waals surface area (Å²) in [6.45, 7) is 14.6. The molecular weight excluding hydrogens is 296 g/mol. The summed E-state index contributed by atoms with van der Waals surface area (Å²) >= 11 is 0. The van der Waals surface area contributed by atoms with Crippen molar-refractivity contribution in [1.82, 2.24) is 0 Å². The molecule has 1 fully saturated rings. The molecule has 0 aliphatic carbocycles. The fraction of sp³-hybridized carbons (Fsp3) is 0.647. The van der Waals surface area contributed by atoms with E-state index in [1.807, 2.05) is 6.92 Å². The molecule has 5 heteroatoms. The van der Waals surface area contributed by atoms with E-state index in [1.165, 1.54) is 6.42 Å². The van der Waals surface area contributed by atoms with Gasteiger partial charge in [0.2, 0.25) is 5.41 Å². The van der Waals surface area contributed by atoms with Crippen molar-refractivity contribution in [1.29, 1.82) is 0 Å². The zero-order valence-corrected chi connectivity index (χ0v) is 15.3. The number of rotatable bonds is 6. The molecule has 1 heterocycles. The molecule has 0 atom stereocenters. The molecule has 1 aliphatic rings. The third kappa shape index (κ3) is 3.88. The van der Waals surface area contributed by atoms with Crippen LogP contribution >= 0.6 is 0 Å². The van der Waals surface area contributed by atoms with Crippen LogP contribution in [0.2, 0.25) is 18.6 Å². The first-order valence-corrected chi connectivity index (χ1v) is 10.9. The van der Waals surface area contributed by atoms with Gasteiger partial charge in [0.15, 0.2) is 8.07 Å². The van der Waals surface area contributed by atoms with Crippen molar-refractivity contribution >= 4 is 20.0 Å². The summed E-state index contributed by atoms with van der Waals surface area (Å²) < 4.78 is 11.5. The van der Waals surface area contributed by atoms with Gasteiger partial charge in [0.1, 0.15) is 0 Å². The standard InChI is InChI=1S/C17H28O4Si/c1-7-17(20-15(18)13(2)3,21-16(19)14(4)5)22(6)11-9-8-10-12-22/h2,4,7-12H2,1,3,5-6H3. The van der Waals surface area contributed by atoms with Gasteiger partial charge in [-0.05, 0) is 13.8 Å². The van der Waals surface area contributed by atoms with E-state index < -0.39 is 25.4 Å². The smallest absolute Gasteiger partial charge is 0.336 e. The van der Waals surface area contributed by atoms with Crippen molar-refractivity contribution in [2.45, 2.75) is 70.5 Å². The zero-order chi connectivity index (χ0) is 17.0. The van der Waals surface area contributed by atoms with Gasteiger partial charge in [0.25, 0.3) is 0 Å². The van der Waals surface area contributed by atoms with Crippen LogP contribution in [-0.2, 0) is 19.1 Å². The maximum atomic E-state index is 12.1. The molecule has 0 aromatic rings.